The number of benzene rings is 1. The molecule has 0 fully saturated rings. The van der Waals surface area contributed by atoms with Gasteiger partial charge in [0, 0.05) is 26.8 Å². The van der Waals surface area contributed by atoms with Crippen LogP contribution in [0.1, 0.15) is 11.3 Å². The zero-order valence-corrected chi connectivity index (χ0v) is 12.3. The minimum Gasteiger partial charge on any atom is -0.356 e. The summed E-state index contributed by atoms with van der Waals surface area (Å²) in [7, 11) is 3.60. The maximum Gasteiger partial charge on any atom is 0.191 e. The number of aryl methyl sites for hydroxylation is 1. The number of rotatable bonds is 5. The highest BCUT2D eigenvalue weighted by Gasteiger charge is 2.03. The van der Waals surface area contributed by atoms with Crippen molar-refractivity contribution in [2.24, 2.45) is 12.0 Å². The van der Waals surface area contributed by atoms with Crippen molar-refractivity contribution in [2.45, 2.75) is 13.0 Å². The first kappa shape index (κ1) is 15.0. The summed E-state index contributed by atoms with van der Waals surface area (Å²) in [6.45, 7) is 1.25. The SMILES string of the molecule is CN=C(NCCc1ccccc1F)NCc1ccnn1C. The van der Waals surface area contributed by atoms with Gasteiger partial charge in [0.2, 0.25) is 0 Å². The van der Waals surface area contributed by atoms with Crippen LogP contribution in [0.5, 0.6) is 0 Å². The van der Waals surface area contributed by atoms with Crippen molar-refractivity contribution in [1.29, 1.82) is 0 Å². The number of hydrogen-bond donors (Lipinski definition) is 2. The first-order valence-electron chi connectivity index (χ1n) is 6.85. The summed E-state index contributed by atoms with van der Waals surface area (Å²) in [4.78, 5) is 4.14. The van der Waals surface area contributed by atoms with Gasteiger partial charge in [-0.05, 0) is 24.1 Å². The molecule has 0 radical (unpaired) electrons. The molecule has 0 aliphatic carbocycles. The fourth-order valence-corrected chi connectivity index (χ4v) is 1.99. The molecule has 1 heterocycles. The smallest absolute Gasteiger partial charge is 0.191 e. The molecule has 0 aliphatic heterocycles. The van der Waals surface area contributed by atoms with Gasteiger partial charge in [0.15, 0.2) is 5.96 Å². The van der Waals surface area contributed by atoms with Crippen LogP contribution in [0.15, 0.2) is 41.5 Å². The average Bonchev–Trinajstić information content (AvgIpc) is 2.90. The molecule has 2 aromatic rings. The van der Waals surface area contributed by atoms with Crippen molar-refractivity contribution in [3.8, 4) is 0 Å². The molecule has 2 N–H and O–H groups in total. The lowest BCUT2D eigenvalue weighted by atomic mass is 10.1. The number of aromatic nitrogens is 2. The topological polar surface area (TPSA) is 54.2 Å². The number of nitrogens with zero attached hydrogens (tertiary/aromatic N) is 3. The molecule has 21 heavy (non-hydrogen) atoms. The fourth-order valence-electron chi connectivity index (χ4n) is 1.99. The van der Waals surface area contributed by atoms with Gasteiger partial charge < -0.3 is 10.6 Å². The minimum atomic E-state index is -0.169. The molecule has 1 aromatic heterocycles. The molecule has 0 unspecified atom stereocenters. The third kappa shape index (κ3) is 4.30. The van der Waals surface area contributed by atoms with Crippen LogP contribution in [0.3, 0.4) is 0 Å². The second-order valence-electron chi connectivity index (χ2n) is 4.64. The van der Waals surface area contributed by atoms with Crippen molar-refractivity contribution in [3.05, 3.63) is 53.6 Å². The lowest BCUT2D eigenvalue weighted by molar-refractivity contribution is 0.606. The highest BCUT2D eigenvalue weighted by molar-refractivity contribution is 5.79. The highest BCUT2D eigenvalue weighted by atomic mass is 19.1. The van der Waals surface area contributed by atoms with Gasteiger partial charge in [0.1, 0.15) is 5.82 Å². The zero-order valence-electron chi connectivity index (χ0n) is 12.3. The summed E-state index contributed by atoms with van der Waals surface area (Å²) >= 11 is 0. The minimum absolute atomic E-state index is 0.169. The van der Waals surface area contributed by atoms with Gasteiger partial charge in [0.05, 0.1) is 12.2 Å². The van der Waals surface area contributed by atoms with Gasteiger partial charge in [-0.3, -0.25) is 9.67 Å². The van der Waals surface area contributed by atoms with Crippen LogP contribution in [0.2, 0.25) is 0 Å². The first-order valence-corrected chi connectivity index (χ1v) is 6.85. The van der Waals surface area contributed by atoms with E-state index < -0.39 is 0 Å². The monoisotopic (exact) mass is 289 g/mol. The van der Waals surface area contributed by atoms with E-state index in [0.717, 1.165) is 5.69 Å². The molecule has 0 amide bonds. The predicted octanol–water partition coefficient (Wildman–Crippen LogP) is 1.47. The number of aliphatic imine (C=N–C) groups is 1. The number of halogens is 1. The summed E-state index contributed by atoms with van der Waals surface area (Å²) < 4.78 is 15.3. The molecule has 6 heteroatoms. The molecule has 0 saturated heterocycles. The van der Waals surface area contributed by atoms with Gasteiger partial charge >= 0.3 is 0 Å². The quantitative estimate of drug-likeness (QED) is 0.647. The van der Waals surface area contributed by atoms with Crippen LogP contribution in [0.25, 0.3) is 0 Å². The molecular weight excluding hydrogens is 269 g/mol. The molecular formula is C15H20FN5. The standard InChI is InChI=1S/C15H20FN5/c1-17-15(19-11-13-8-10-20-21(13)2)18-9-7-12-5-3-4-6-14(12)16/h3-6,8,10H,7,9,11H2,1-2H3,(H2,17,18,19). The molecule has 0 atom stereocenters. The van der Waals surface area contributed by atoms with Gasteiger partial charge in [-0.15, -0.1) is 0 Å². The summed E-state index contributed by atoms with van der Waals surface area (Å²) in [5.41, 5.74) is 1.76. The molecule has 1 aromatic carbocycles. The number of nitrogens with one attached hydrogen (secondary N) is 2. The van der Waals surface area contributed by atoms with Crippen molar-refractivity contribution >= 4 is 5.96 Å². The second kappa shape index (κ2) is 7.42. The van der Waals surface area contributed by atoms with Crippen LogP contribution >= 0.6 is 0 Å². The molecule has 0 spiro atoms. The van der Waals surface area contributed by atoms with Crippen molar-refractivity contribution in [1.82, 2.24) is 20.4 Å². The van der Waals surface area contributed by atoms with Gasteiger partial charge in [0.25, 0.3) is 0 Å². The maximum absolute atomic E-state index is 13.5. The van der Waals surface area contributed by atoms with Crippen LogP contribution in [0.4, 0.5) is 4.39 Å². The second-order valence-corrected chi connectivity index (χ2v) is 4.64. The fraction of sp³-hybridized carbons (Fsp3) is 0.333. The predicted molar refractivity (Wildman–Crippen MR) is 81.5 cm³/mol. The molecule has 0 aliphatic rings. The normalized spacial score (nSPS) is 11.5. The third-order valence-electron chi connectivity index (χ3n) is 3.23. The van der Waals surface area contributed by atoms with Gasteiger partial charge in [-0.2, -0.15) is 5.10 Å². The van der Waals surface area contributed by atoms with E-state index in [2.05, 4.69) is 20.7 Å². The van der Waals surface area contributed by atoms with E-state index in [0.29, 0.717) is 31.0 Å². The van der Waals surface area contributed by atoms with Crippen molar-refractivity contribution in [2.75, 3.05) is 13.6 Å². The number of hydrogen-bond acceptors (Lipinski definition) is 2. The van der Waals surface area contributed by atoms with E-state index in [-0.39, 0.29) is 5.82 Å². The third-order valence-corrected chi connectivity index (χ3v) is 3.23. The van der Waals surface area contributed by atoms with E-state index in [9.17, 15) is 4.39 Å². The Balaban J connectivity index is 1.78. The van der Waals surface area contributed by atoms with Crippen LogP contribution in [-0.2, 0) is 20.0 Å². The summed E-state index contributed by atoms with van der Waals surface area (Å²) in [5.74, 6) is 0.518. The van der Waals surface area contributed by atoms with Crippen molar-refractivity contribution in [3.63, 3.8) is 0 Å². The largest absolute Gasteiger partial charge is 0.356 e. The maximum atomic E-state index is 13.5. The van der Waals surface area contributed by atoms with Crippen LogP contribution < -0.4 is 10.6 Å². The van der Waals surface area contributed by atoms with Crippen LogP contribution in [0, 0.1) is 5.82 Å². The average molecular weight is 289 g/mol. The van der Waals surface area contributed by atoms with Crippen LogP contribution in [-0.4, -0.2) is 29.3 Å². The number of guanidine groups is 1. The lowest BCUT2D eigenvalue weighted by Gasteiger charge is -2.12. The van der Waals surface area contributed by atoms with E-state index in [4.69, 9.17) is 0 Å². The lowest BCUT2D eigenvalue weighted by Crippen LogP contribution is -2.38. The molecule has 5 nitrogen and oxygen atoms in total. The Hall–Kier alpha value is -2.37. The van der Waals surface area contributed by atoms with E-state index in [1.165, 1.54) is 6.07 Å². The molecule has 112 valence electrons. The molecule has 0 bridgehead atoms. The van der Waals surface area contributed by atoms with E-state index in [1.54, 1.807) is 30.1 Å². The summed E-state index contributed by atoms with van der Waals surface area (Å²) in [6.07, 6.45) is 2.37. The Morgan fingerprint density at radius 2 is 2.10 bits per heavy atom. The Labute approximate surface area is 123 Å². The first-order chi connectivity index (χ1) is 10.2. The van der Waals surface area contributed by atoms with Crippen molar-refractivity contribution < 1.29 is 4.39 Å². The van der Waals surface area contributed by atoms with Gasteiger partial charge in [-0.1, -0.05) is 18.2 Å². The van der Waals surface area contributed by atoms with E-state index in [1.807, 2.05) is 19.2 Å². The molecule has 0 saturated carbocycles. The Morgan fingerprint density at radius 1 is 1.29 bits per heavy atom. The zero-order chi connectivity index (χ0) is 15.1. The van der Waals surface area contributed by atoms with Gasteiger partial charge in [-0.25, -0.2) is 4.39 Å². The Bertz CT molecular complexity index is 606. The molecule has 2 rings (SSSR count). The summed E-state index contributed by atoms with van der Waals surface area (Å²) in [6, 6.07) is 8.75. The highest BCUT2D eigenvalue weighted by Crippen LogP contribution is 2.06. The van der Waals surface area contributed by atoms with E-state index >= 15 is 0 Å². The Morgan fingerprint density at radius 3 is 2.76 bits per heavy atom. The Kier molecular flexibility index (Phi) is 5.31. The summed E-state index contributed by atoms with van der Waals surface area (Å²) in [5, 5.41) is 10.5.